The molecule has 4 rings (SSSR count). The van der Waals surface area contributed by atoms with Gasteiger partial charge in [0.15, 0.2) is 0 Å². The summed E-state index contributed by atoms with van der Waals surface area (Å²) in [4.78, 5) is 28.3. The number of benzene rings is 3. The number of sulfonamides is 1. The van der Waals surface area contributed by atoms with E-state index >= 15 is 0 Å². The van der Waals surface area contributed by atoms with Crippen molar-refractivity contribution in [3.8, 4) is 5.75 Å². The highest BCUT2D eigenvalue weighted by atomic mass is 35.5. The number of ether oxygens (including phenoxy) is 1. The van der Waals surface area contributed by atoms with Gasteiger partial charge in [-0.2, -0.15) is 0 Å². The monoisotopic (exact) mass is 583 g/mol. The van der Waals surface area contributed by atoms with Crippen LogP contribution in [0.1, 0.15) is 42.9 Å². The fraction of sp³-hybridized carbons (Fsp3) is 0.333. The number of hydrogen-bond donors (Lipinski definition) is 2. The van der Waals surface area contributed by atoms with E-state index in [0.29, 0.717) is 18.0 Å². The Morgan fingerprint density at radius 2 is 1.55 bits per heavy atom. The minimum Gasteiger partial charge on any atom is -0.497 e. The summed E-state index contributed by atoms with van der Waals surface area (Å²) in [5.74, 6) is 0.277. The van der Waals surface area contributed by atoms with Crippen molar-refractivity contribution in [2.24, 2.45) is 0 Å². The Morgan fingerprint density at radius 3 is 2.15 bits per heavy atom. The SMILES string of the molecule is COc1ccc(CNC(=O)[C@H](C)N(Cc2ccc(Cl)cc2)C(=O)CCc2ccc(S(=O)(=O)NC3CC3)cc2)cc1. The molecule has 0 aliphatic heterocycles. The van der Waals surface area contributed by atoms with E-state index in [9.17, 15) is 18.0 Å². The predicted molar refractivity (Wildman–Crippen MR) is 154 cm³/mol. The average molecular weight is 584 g/mol. The van der Waals surface area contributed by atoms with Gasteiger partial charge in [0.1, 0.15) is 11.8 Å². The lowest BCUT2D eigenvalue weighted by atomic mass is 10.1. The van der Waals surface area contributed by atoms with Crippen LogP contribution < -0.4 is 14.8 Å². The molecule has 1 fully saturated rings. The van der Waals surface area contributed by atoms with Crippen LogP contribution >= 0.6 is 11.6 Å². The number of carbonyl (C=O) groups is 2. The summed E-state index contributed by atoms with van der Waals surface area (Å²) in [7, 11) is -1.94. The van der Waals surface area contributed by atoms with Crippen molar-refractivity contribution >= 4 is 33.4 Å². The normalized spacial score (nSPS) is 13.9. The molecule has 1 aliphatic rings. The zero-order chi connectivity index (χ0) is 28.7. The lowest BCUT2D eigenvalue weighted by molar-refractivity contribution is -0.140. The number of halogens is 1. The number of amides is 2. The number of aryl methyl sites for hydroxylation is 1. The fourth-order valence-electron chi connectivity index (χ4n) is 4.17. The van der Waals surface area contributed by atoms with Gasteiger partial charge in [-0.25, -0.2) is 13.1 Å². The molecule has 0 aromatic heterocycles. The van der Waals surface area contributed by atoms with Gasteiger partial charge in [0.2, 0.25) is 21.8 Å². The van der Waals surface area contributed by atoms with Crippen LogP contribution in [0.2, 0.25) is 5.02 Å². The minimum atomic E-state index is -3.53. The van der Waals surface area contributed by atoms with E-state index < -0.39 is 16.1 Å². The number of methoxy groups -OCH3 is 1. The number of carbonyl (C=O) groups excluding carboxylic acids is 2. The standard InChI is InChI=1S/C30H34ClN3O5S/c1-21(30(36)32-19-23-5-14-27(39-2)15-6-23)34(20-24-3-10-25(31)11-4-24)29(35)18-9-22-7-16-28(17-8-22)40(37,38)33-26-12-13-26/h3-8,10-11,14-17,21,26,33H,9,12-13,18-20H2,1-2H3,(H,32,36)/t21-/m0/s1. The number of nitrogens with one attached hydrogen (secondary N) is 2. The molecule has 0 spiro atoms. The van der Waals surface area contributed by atoms with Crippen LogP contribution in [0.25, 0.3) is 0 Å². The van der Waals surface area contributed by atoms with Gasteiger partial charge in [-0.15, -0.1) is 0 Å². The highest BCUT2D eigenvalue weighted by Crippen LogP contribution is 2.23. The van der Waals surface area contributed by atoms with Crippen molar-refractivity contribution in [2.75, 3.05) is 7.11 Å². The molecule has 212 valence electrons. The molecule has 0 unspecified atom stereocenters. The van der Waals surface area contributed by atoms with E-state index in [1.54, 1.807) is 55.3 Å². The summed E-state index contributed by atoms with van der Waals surface area (Å²) < 4.78 is 32.7. The van der Waals surface area contributed by atoms with E-state index in [1.807, 2.05) is 36.4 Å². The molecule has 3 aromatic rings. The summed E-state index contributed by atoms with van der Waals surface area (Å²) in [5, 5.41) is 3.51. The van der Waals surface area contributed by atoms with Gasteiger partial charge in [0, 0.05) is 30.6 Å². The summed E-state index contributed by atoms with van der Waals surface area (Å²) in [6, 6.07) is 20.5. The number of nitrogens with zero attached hydrogens (tertiary/aromatic N) is 1. The average Bonchev–Trinajstić information content (AvgIpc) is 3.77. The van der Waals surface area contributed by atoms with Crippen molar-refractivity contribution in [1.82, 2.24) is 14.9 Å². The molecule has 10 heteroatoms. The van der Waals surface area contributed by atoms with Crippen LogP contribution in [0, 0.1) is 0 Å². The van der Waals surface area contributed by atoms with Crippen LogP contribution in [-0.2, 0) is 39.1 Å². The Balaban J connectivity index is 1.40. The van der Waals surface area contributed by atoms with Crippen LogP contribution in [0.4, 0.5) is 0 Å². The van der Waals surface area contributed by atoms with Gasteiger partial charge in [-0.1, -0.05) is 48.0 Å². The molecule has 1 saturated carbocycles. The van der Waals surface area contributed by atoms with Crippen LogP contribution in [-0.4, -0.2) is 44.3 Å². The molecule has 3 aromatic carbocycles. The molecule has 0 heterocycles. The first-order valence-electron chi connectivity index (χ1n) is 13.2. The van der Waals surface area contributed by atoms with Crippen molar-refractivity contribution in [3.05, 3.63) is 94.5 Å². The van der Waals surface area contributed by atoms with E-state index in [4.69, 9.17) is 16.3 Å². The Bertz CT molecular complexity index is 1410. The van der Waals surface area contributed by atoms with Crippen molar-refractivity contribution < 1.29 is 22.7 Å². The van der Waals surface area contributed by atoms with E-state index in [1.165, 1.54) is 0 Å². The maximum atomic E-state index is 13.4. The summed E-state index contributed by atoms with van der Waals surface area (Å²) in [6.07, 6.45) is 2.30. The Hall–Kier alpha value is -3.40. The molecule has 1 atom stereocenters. The molecular formula is C30H34ClN3O5S. The lowest BCUT2D eigenvalue weighted by Crippen LogP contribution is -2.47. The van der Waals surface area contributed by atoms with Gasteiger partial charge in [-0.3, -0.25) is 9.59 Å². The first-order valence-corrected chi connectivity index (χ1v) is 15.1. The molecule has 2 amide bonds. The maximum Gasteiger partial charge on any atom is 0.242 e. The molecule has 40 heavy (non-hydrogen) atoms. The van der Waals surface area contributed by atoms with E-state index in [-0.39, 0.29) is 35.7 Å². The third-order valence-electron chi connectivity index (χ3n) is 6.82. The second-order valence-corrected chi connectivity index (χ2v) is 12.1. The molecular weight excluding hydrogens is 550 g/mol. The molecule has 2 N–H and O–H groups in total. The smallest absolute Gasteiger partial charge is 0.242 e. The first-order chi connectivity index (χ1) is 19.1. The highest BCUT2D eigenvalue weighted by Gasteiger charge is 2.28. The maximum absolute atomic E-state index is 13.4. The topological polar surface area (TPSA) is 105 Å². The van der Waals surface area contributed by atoms with Gasteiger partial charge in [0.05, 0.1) is 12.0 Å². The van der Waals surface area contributed by atoms with Gasteiger partial charge in [0.25, 0.3) is 0 Å². The van der Waals surface area contributed by atoms with Crippen molar-refractivity contribution in [1.29, 1.82) is 0 Å². The van der Waals surface area contributed by atoms with Crippen molar-refractivity contribution in [2.45, 2.75) is 62.7 Å². The van der Waals surface area contributed by atoms with E-state index in [0.717, 1.165) is 35.3 Å². The Kier molecular flexibility index (Phi) is 9.84. The zero-order valence-electron chi connectivity index (χ0n) is 22.6. The quantitative estimate of drug-likeness (QED) is 0.309. The third-order valence-corrected chi connectivity index (χ3v) is 8.61. The summed E-state index contributed by atoms with van der Waals surface area (Å²) in [5.41, 5.74) is 2.60. The van der Waals surface area contributed by atoms with Crippen LogP contribution in [0.3, 0.4) is 0 Å². The second kappa shape index (κ2) is 13.3. The molecule has 1 aliphatic carbocycles. The molecule has 0 radical (unpaired) electrons. The van der Waals surface area contributed by atoms with Crippen molar-refractivity contribution in [3.63, 3.8) is 0 Å². The van der Waals surface area contributed by atoms with Crippen LogP contribution in [0.5, 0.6) is 5.75 Å². The fourth-order valence-corrected chi connectivity index (χ4v) is 5.60. The van der Waals surface area contributed by atoms with Gasteiger partial charge < -0.3 is 15.0 Å². The highest BCUT2D eigenvalue weighted by molar-refractivity contribution is 7.89. The summed E-state index contributed by atoms with van der Waals surface area (Å²) in [6.45, 7) is 2.28. The molecule has 8 nitrogen and oxygen atoms in total. The minimum absolute atomic E-state index is 0.0318. The summed E-state index contributed by atoms with van der Waals surface area (Å²) >= 11 is 6.03. The van der Waals surface area contributed by atoms with Gasteiger partial charge in [-0.05, 0) is 79.3 Å². The second-order valence-electron chi connectivity index (χ2n) is 9.93. The zero-order valence-corrected chi connectivity index (χ0v) is 24.2. The third kappa shape index (κ3) is 8.30. The Morgan fingerprint density at radius 1 is 0.950 bits per heavy atom. The first kappa shape index (κ1) is 29.6. The Labute approximate surface area is 240 Å². The molecule has 0 saturated heterocycles. The number of hydrogen-bond acceptors (Lipinski definition) is 5. The van der Waals surface area contributed by atoms with Gasteiger partial charge >= 0.3 is 0 Å². The largest absolute Gasteiger partial charge is 0.497 e. The predicted octanol–water partition coefficient (Wildman–Crippen LogP) is 4.46. The lowest BCUT2D eigenvalue weighted by Gasteiger charge is -2.29. The number of rotatable bonds is 13. The van der Waals surface area contributed by atoms with E-state index in [2.05, 4.69) is 10.0 Å². The van der Waals surface area contributed by atoms with Crippen LogP contribution in [0.15, 0.2) is 77.7 Å². The molecule has 0 bridgehead atoms.